The van der Waals surface area contributed by atoms with Gasteiger partial charge in [0.2, 0.25) is 6.79 Å². The van der Waals surface area contributed by atoms with Crippen molar-refractivity contribution in [2.24, 2.45) is 0 Å². The summed E-state index contributed by atoms with van der Waals surface area (Å²) in [6.07, 6.45) is 1.88. The molecule has 0 bridgehead atoms. The Labute approximate surface area is 89.7 Å². The Morgan fingerprint density at radius 1 is 1.47 bits per heavy atom. The average molecular weight is 205 g/mol. The Hall–Kier alpha value is -1.48. The fourth-order valence-electron chi connectivity index (χ4n) is 1.41. The molecule has 1 aliphatic heterocycles. The molecular weight excluding hydrogens is 190 g/mol. The molecule has 0 fully saturated rings. The molecule has 1 aromatic carbocycles. The largest absolute Gasteiger partial charge is 0.454 e. The maximum atomic E-state index is 5.30. The highest BCUT2D eigenvalue weighted by Crippen LogP contribution is 2.32. The van der Waals surface area contributed by atoms with E-state index in [1.807, 2.05) is 24.3 Å². The van der Waals surface area contributed by atoms with Crippen molar-refractivity contribution in [3.63, 3.8) is 0 Å². The van der Waals surface area contributed by atoms with Gasteiger partial charge in [0.25, 0.3) is 0 Å². The Morgan fingerprint density at radius 3 is 3.07 bits per heavy atom. The van der Waals surface area contributed by atoms with Gasteiger partial charge in [-0.25, -0.2) is 0 Å². The molecule has 1 aliphatic rings. The van der Waals surface area contributed by atoms with Crippen LogP contribution in [0.4, 0.5) is 0 Å². The first-order valence-electron chi connectivity index (χ1n) is 5.04. The van der Waals surface area contributed by atoms with Crippen molar-refractivity contribution in [2.75, 3.05) is 6.79 Å². The first-order valence-corrected chi connectivity index (χ1v) is 5.04. The maximum Gasteiger partial charge on any atom is 0.231 e. The highest BCUT2D eigenvalue weighted by atomic mass is 16.7. The predicted molar refractivity (Wildman–Crippen MR) is 59.1 cm³/mol. The van der Waals surface area contributed by atoms with E-state index in [-0.39, 0.29) is 0 Å². The molecular formula is C12H15NO2. The summed E-state index contributed by atoms with van der Waals surface area (Å²) < 4.78 is 10.5. The van der Waals surface area contributed by atoms with E-state index < -0.39 is 0 Å². The van der Waals surface area contributed by atoms with Crippen molar-refractivity contribution in [2.45, 2.75) is 19.5 Å². The molecule has 3 nitrogen and oxygen atoms in total. The van der Waals surface area contributed by atoms with Gasteiger partial charge in [-0.1, -0.05) is 12.1 Å². The van der Waals surface area contributed by atoms with Crippen LogP contribution in [0, 0.1) is 0 Å². The van der Waals surface area contributed by atoms with Crippen LogP contribution in [0.15, 0.2) is 30.9 Å². The second-order valence-corrected chi connectivity index (χ2v) is 3.59. The zero-order valence-corrected chi connectivity index (χ0v) is 8.82. The number of nitrogens with one attached hydrogen (secondary N) is 1. The Bertz CT molecular complexity index is 363. The van der Waals surface area contributed by atoms with E-state index in [9.17, 15) is 0 Å². The van der Waals surface area contributed by atoms with Crippen molar-refractivity contribution >= 4 is 0 Å². The molecule has 1 heterocycles. The van der Waals surface area contributed by atoms with E-state index in [1.54, 1.807) is 0 Å². The molecule has 1 unspecified atom stereocenters. The zero-order chi connectivity index (χ0) is 10.7. The number of rotatable bonds is 4. The fraction of sp³-hybridized carbons (Fsp3) is 0.333. The normalized spacial score (nSPS) is 15.0. The number of ether oxygens (including phenoxy) is 2. The van der Waals surface area contributed by atoms with E-state index in [1.165, 1.54) is 5.56 Å². The molecule has 1 atom stereocenters. The summed E-state index contributed by atoms with van der Waals surface area (Å²) in [5.74, 6) is 1.66. The van der Waals surface area contributed by atoms with E-state index in [0.29, 0.717) is 12.8 Å². The topological polar surface area (TPSA) is 30.5 Å². The molecule has 0 amide bonds. The summed E-state index contributed by atoms with van der Waals surface area (Å²) in [6.45, 7) is 6.93. The van der Waals surface area contributed by atoms with E-state index in [0.717, 1.165) is 18.0 Å². The third-order valence-electron chi connectivity index (χ3n) is 2.42. The van der Waals surface area contributed by atoms with Crippen molar-refractivity contribution in [1.82, 2.24) is 5.32 Å². The van der Waals surface area contributed by atoms with E-state index in [2.05, 4.69) is 18.8 Å². The predicted octanol–water partition coefficient (Wildman–Crippen LogP) is 2.08. The molecule has 15 heavy (non-hydrogen) atoms. The van der Waals surface area contributed by atoms with Gasteiger partial charge in [-0.15, -0.1) is 6.58 Å². The average Bonchev–Trinajstić information content (AvgIpc) is 2.72. The smallest absolute Gasteiger partial charge is 0.231 e. The van der Waals surface area contributed by atoms with Crippen LogP contribution in [0.3, 0.4) is 0 Å². The molecule has 0 aromatic heterocycles. The Morgan fingerprint density at radius 2 is 2.27 bits per heavy atom. The molecule has 80 valence electrons. The van der Waals surface area contributed by atoms with Gasteiger partial charge in [-0.3, -0.25) is 0 Å². The molecule has 2 rings (SSSR count). The van der Waals surface area contributed by atoms with Crippen molar-refractivity contribution < 1.29 is 9.47 Å². The van der Waals surface area contributed by atoms with Crippen molar-refractivity contribution in [3.8, 4) is 11.5 Å². The number of hydrogen-bond donors (Lipinski definition) is 1. The summed E-state index contributed by atoms with van der Waals surface area (Å²) in [4.78, 5) is 0. The zero-order valence-electron chi connectivity index (χ0n) is 8.82. The lowest BCUT2D eigenvalue weighted by Crippen LogP contribution is -2.22. The lowest BCUT2D eigenvalue weighted by molar-refractivity contribution is 0.174. The summed E-state index contributed by atoms with van der Waals surface area (Å²) in [6, 6.07) is 6.30. The molecule has 0 spiro atoms. The van der Waals surface area contributed by atoms with Crippen LogP contribution >= 0.6 is 0 Å². The second-order valence-electron chi connectivity index (χ2n) is 3.59. The van der Waals surface area contributed by atoms with Gasteiger partial charge in [-0.05, 0) is 24.6 Å². The van der Waals surface area contributed by atoms with Gasteiger partial charge in [-0.2, -0.15) is 0 Å². The lowest BCUT2D eigenvalue weighted by Gasteiger charge is -2.09. The molecule has 1 aromatic rings. The quantitative estimate of drug-likeness (QED) is 0.763. The number of hydrogen-bond acceptors (Lipinski definition) is 3. The maximum absolute atomic E-state index is 5.30. The van der Waals surface area contributed by atoms with Crippen LogP contribution in [0.1, 0.15) is 12.5 Å². The van der Waals surface area contributed by atoms with Gasteiger partial charge >= 0.3 is 0 Å². The van der Waals surface area contributed by atoms with Crippen molar-refractivity contribution in [3.05, 3.63) is 36.4 Å². The summed E-state index contributed by atoms with van der Waals surface area (Å²) in [7, 11) is 0. The molecule has 1 N–H and O–H groups in total. The molecule has 0 saturated heterocycles. The van der Waals surface area contributed by atoms with Gasteiger partial charge in [0.05, 0.1) is 0 Å². The van der Waals surface area contributed by atoms with Crippen LogP contribution in [0.5, 0.6) is 11.5 Å². The summed E-state index contributed by atoms with van der Waals surface area (Å²) >= 11 is 0. The van der Waals surface area contributed by atoms with Crippen LogP contribution in [0.2, 0.25) is 0 Å². The number of benzene rings is 1. The Kier molecular flexibility index (Phi) is 2.92. The Balaban J connectivity index is 2.00. The summed E-state index contributed by atoms with van der Waals surface area (Å²) in [5, 5.41) is 3.33. The highest BCUT2D eigenvalue weighted by molar-refractivity contribution is 5.44. The minimum absolute atomic E-state index is 0.315. The van der Waals surface area contributed by atoms with Crippen molar-refractivity contribution in [1.29, 1.82) is 0 Å². The first-order chi connectivity index (χ1) is 7.29. The van der Waals surface area contributed by atoms with Crippen LogP contribution in [-0.4, -0.2) is 12.8 Å². The third-order valence-corrected chi connectivity index (χ3v) is 2.42. The minimum Gasteiger partial charge on any atom is -0.454 e. The standard InChI is InChI=1S/C12H15NO2/c1-3-9(2)13-7-10-4-5-11-12(6-10)15-8-14-11/h3-6,9,13H,1,7-8H2,2H3. The number of fused-ring (bicyclic) bond motifs is 1. The monoisotopic (exact) mass is 205 g/mol. The SMILES string of the molecule is C=CC(C)NCc1ccc2c(c1)OCO2. The fourth-order valence-corrected chi connectivity index (χ4v) is 1.41. The molecule has 0 saturated carbocycles. The van der Waals surface area contributed by atoms with E-state index in [4.69, 9.17) is 9.47 Å². The highest BCUT2D eigenvalue weighted by Gasteiger charge is 2.12. The van der Waals surface area contributed by atoms with Crippen LogP contribution in [0.25, 0.3) is 0 Å². The molecule has 0 radical (unpaired) electrons. The second kappa shape index (κ2) is 4.36. The van der Waals surface area contributed by atoms with E-state index >= 15 is 0 Å². The van der Waals surface area contributed by atoms with Crippen LogP contribution < -0.4 is 14.8 Å². The molecule has 0 aliphatic carbocycles. The van der Waals surface area contributed by atoms with Gasteiger partial charge in [0.1, 0.15) is 0 Å². The lowest BCUT2D eigenvalue weighted by atomic mass is 10.2. The third kappa shape index (κ3) is 2.30. The van der Waals surface area contributed by atoms with Gasteiger partial charge in [0.15, 0.2) is 11.5 Å². The molecule has 3 heteroatoms. The van der Waals surface area contributed by atoms with Crippen LogP contribution in [-0.2, 0) is 6.54 Å². The summed E-state index contributed by atoms with van der Waals surface area (Å²) in [5.41, 5.74) is 1.19. The van der Waals surface area contributed by atoms with Gasteiger partial charge in [0, 0.05) is 12.6 Å². The van der Waals surface area contributed by atoms with Gasteiger partial charge < -0.3 is 14.8 Å². The minimum atomic E-state index is 0.315. The first kappa shape index (κ1) is 10.1.